The number of ether oxygens (including phenoxy) is 3. The lowest BCUT2D eigenvalue weighted by Gasteiger charge is -2.11. The van der Waals surface area contributed by atoms with Crippen molar-refractivity contribution in [1.29, 1.82) is 0 Å². The van der Waals surface area contributed by atoms with Gasteiger partial charge in [-0.15, -0.1) is 0 Å². The lowest BCUT2D eigenvalue weighted by Crippen LogP contribution is -2.28. The predicted octanol–water partition coefficient (Wildman–Crippen LogP) is 3.10. The molecule has 0 bridgehead atoms. The van der Waals surface area contributed by atoms with Crippen molar-refractivity contribution < 1.29 is 33.5 Å². The molecule has 0 aliphatic carbocycles. The van der Waals surface area contributed by atoms with Gasteiger partial charge in [-0.05, 0) is 23.3 Å². The van der Waals surface area contributed by atoms with Gasteiger partial charge in [-0.25, -0.2) is 9.59 Å². The molecule has 2 aromatic rings. The first-order chi connectivity index (χ1) is 14.8. The fourth-order valence-corrected chi connectivity index (χ4v) is 2.43. The summed E-state index contributed by atoms with van der Waals surface area (Å²) in [5.41, 5.74) is 0.814. The number of rotatable bonds is 8. The number of nitro groups is 1. The van der Waals surface area contributed by atoms with Gasteiger partial charge in [0.15, 0.2) is 0 Å². The highest BCUT2D eigenvalue weighted by Gasteiger charge is 2.17. The van der Waals surface area contributed by atoms with E-state index in [4.69, 9.17) is 9.47 Å². The fraction of sp³-hybridized carbons (Fsp3) is 0.190. The first-order valence-corrected chi connectivity index (χ1v) is 8.98. The minimum Gasteiger partial charge on any atom is -0.464 e. The maximum absolute atomic E-state index is 12.1. The van der Waals surface area contributed by atoms with E-state index in [2.05, 4.69) is 10.1 Å². The molecule has 0 heterocycles. The van der Waals surface area contributed by atoms with Crippen molar-refractivity contribution in [3.8, 4) is 0 Å². The predicted molar refractivity (Wildman–Crippen MR) is 108 cm³/mol. The third-order valence-electron chi connectivity index (χ3n) is 3.92. The molecule has 0 saturated carbocycles. The number of benzene rings is 2. The van der Waals surface area contributed by atoms with Gasteiger partial charge in [0.1, 0.15) is 18.9 Å². The van der Waals surface area contributed by atoms with Crippen LogP contribution in [0.4, 0.5) is 10.5 Å². The van der Waals surface area contributed by atoms with E-state index in [1.807, 2.05) is 6.07 Å². The van der Waals surface area contributed by atoms with E-state index in [1.165, 1.54) is 31.2 Å². The lowest BCUT2D eigenvalue weighted by molar-refractivity contribution is -0.385. The number of alkyl carbamates (subject to hydrolysis) is 1. The molecular weight excluding hydrogens is 408 g/mol. The Morgan fingerprint density at radius 1 is 1.06 bits per heavy atom. The average molecular weight is 428 g/mol. The summed E-state index contributed by atoms with van der Waals surface area (Å²) < 4.78 is 14.7. The van der Waals surface area contributed by atoms with Gasteiger partial charge >= 0.3 is 18.0 Å². The monoisotopic (exact) mass is 428 g/mol. The molecule has 1 N–H and O–H groups in total. The number of methoxy groups -OCH3 is 1. The van der Waals surface area contributed by atoms with Crippen molar-refractivity contribution in [2.75, 3.05) is 7.11 Å². The first kappa shape index (κ1) is 23.1. The van der Waals surface area contributed by atoms with E-state index in [-0.39, 0.29) is 30.2 Å². The zero-order chi connectivity index (χ0) is 22.8. The molecule has 2 rings (SSSR count). The van der Waals surface area contributed by atoms with Crippen molar-refractivity contribution in [2.24, 2.45) is 0 Å². The third-order valence-corrected chi connectivity index (χ3v) is 3.92. The summed E-state index contributed by atoms with van der Waals surface area (Å²) in [5.74, 6) is -1.45. The number of nitrogens with zero attached hydrogens (tertiary/aromatic N) is 1. The lowest BCUT2D eigenvalue weighted by atomic mass is 10.1. The van der Waals surface area contributed by atoms with E-state index < -0.39 is 23.0 Å². The van der Waals surface area contributed by atoms with Gasteiger partial charge in [-0.2, -0.15) is 0 Å². The highest BCUT2D eigenvalue weighted by atomic mass is 16.6. The van der Waals surface area contributed by atoms with Crippen molar-refractivity contribution in [1.82, 2.24) is 5.32 Å². The second-order valence-electron chi connectivity index (χ2n) is 6.16. The van der Waals surface area contributed by atoms with Crippen LogP contribution in [-0.2, 0) is 37.0 Å². The number of nitro benzene ring substituents is 1. The number of carbonyl (C=O) groups is 3. The first-order valence-electron chi connectivity index (χ1n) is 8.98. The van der Waals surface area contributed by atoms with Gasteiger partial charge in [0.25, 0.3) is 5.69 Å². The number of non-ortho nitro benzene ring substituents is 1. The quantitative estimate of drug-likeness (QED) is 0.223. The van der Waals surface area contributed by atoms with Crippen LogP contribution >= 0.6 is 0 Å². The van der Waals surface area contributed by atoms with Gasteiger partial charge in [0.2, 0.25) is 0 Å². The van der Waals surface area contributed by atoms with Crippen LogP contribution in [0.25, 0.3) is 6.08 Å². The number of esters is 2. The minimum atomic E-state index is -0.899. The summed E-state index contributed by atoms with van der Waals surface area (Å²) in [4.78, 5) is 45.8. The summed E-state index contributed by atoms with van der Waals surface area (Å²) in [5, 5.41) is 13.3. The van der Waals surface area contributed by atoms with E-state index in [1.54, 1.807) is 24.3 Å². The molecule has 10 heteroatoms. The number of hydrogen-bond donors (Lipinski definition) is 1. The Balaban J connectivity index is 2.26. The molecule has 0 fully saturated rings. The molecule has 0 aliphatic heterocycles. The molecule has 0 spiro atoms. The Morgan fingerprint density at radius 3 is 2.39 bits per heavy atom. The Bertz CT molecular complexity index is 1000. The normalized spacial score (nSPS) is 10.7. The highest BCUT2D eigenvalue weighted by molar-refractivity contribution is 5.97. The van der Waals surface area contributed by atoms with E-state index in [0.29, 0.717) is 5.56 Å². The molecule has 0 atom stereocenters. The van der Waals surface area contributed by atoms with Gasteiger partial charge in [0.05, 0.1) is 12.0 Å². The van der Waals surface area contributed by atoms with Crippen LogP contribution in [-0.4, -0.2) is 30.1 Å². The molecule has 31 heavy (non-hydrogen) atoms. The minimum absolute atomic E-state index is 0.0175. The fourth-order valence-electron chi connectivity index (χ4n) is 2.43. The number of carbonyl (C=O) groups excluding carboxylic acids is 3. The maximum Gasteiger partial charge on any atom is 0.412 e. The molecule has 0 unspecified atom stereocenters. The van der Waals surface area contributed by atoms with Crippen molar-refractivity contribution >= 4 is 29.8 Å². The Kier molecular flexibility index (Phi) is 8.26. The van der Waals surface area contributed by atoms with Crippen LogP contribution < -0.4 is 5.32 Å². The van der Waals surface area contributed by atoms with Gasteiger partial charge in [0, 0.05) is 24.6 Å². The molecule has 10 nitrogen and oxygen atoms in total. The van der Waals surface area contributed by atoms with Gasteiger partial charge in [-0.3, -0.25) is 20.2 Å². The van der Waals surface area contributed by atoms with Gasteiger partial charge < -0.3 is 14.2 Å². The third kappa shape index (κ3) is 7.28. The summed E-state index contributed by atoms with van der Waals surface area (Å²) in [6, 6.07) is 12.7. The summed E-state index contributed by atoms with van der Waals surface area (Å²) in [6.45, 7) is 0.906. The second-order valence-corrected chi connectivity index (χ2v) is 6.16. The van der Waals surface area contributed by atoms with Crippen LogP contribution in [0, 0.1) is 10.1 Å². The van der Waals surface area contributed by atoms with Crippen molar-refractivity contribution in [3.63, 3.8) is 0 Å². The van der Waals surface area contributed by atoms with Crippen LogP contribution in [0.1, 0.15) is 23.6 Å². The molecule has 1 amide bonds. The Hall–Kier alpha value is -4.21. The van der Waals surface area contributed by atoms with Crippen LogP contribution in [0.15, 0.2) is 54.2 Å². The molecule has 0 aliphatic rings. The molecule has 162 valence electrons. The van der Waals surface area contributed by atoms with Gasteiger partial charge in [-0.1, -0.05) is 30.3 Å². The molecule has 0 radical (unpaired) electrons. The zero-order valence-electron chi connectivity index (χ0n) is 16.8. The smallest absolute Gasteiger partial charge is 0.412 e. The summed E-state index contributed by atoms with van der Waals surface area (Å²) in [6.07, 6.45) is 0.349. The number of amides is 1. The topological polar surface area (TPSA) is 134 Å². The summed E-state index contributed by atoms with van der Waals surface area (Å²) in [7, 11) is 1.13. The van der Waals surface area contributed by atoms with E-state index in [0.717, 1.165) is 12.7 Å². The maximum atomic E-state index is 12.1. The summed E-state index contributed by atoms with van der Waals surface area (Å²) >= 11 is 0. The standard InChI is InChI=1S/C21H20N2O8/c1-14(24)30-13-17-10-18(23(27)28)9-8-16(17)11-19(20(25)29-2)22-21(26)31-12-15-6-4-3-5-7-15/h3-11H,12-13H2,1-2H3,(H,22,26)/b19-11+. The molecule has 0 aromatic heterocycles. The SMILES string of the molecule is COC(=O)/C(=C\c1ccc([N+](=O)[O-])cc1COC(C)=O)NC(=O)OCc1ccccc1. The van der Waals surface area contributed by atoms with Crippen molar-refractivity contribution in [2.45, 2.75) is 20.1 Å². The number of nitrogens with one attached hydrogen (secondary N) is 1. The van der Waals surface area contributed by atoms with Crippen molar-refractivity contribution in [3.05, 3.63) is 81.0 Å². The number of hydrogen-bond acceptors (Lipinski definition) is 8. The van der Waals surface area contributed by atoms with Crippen LogP contribution in [0.5, 0.6) is 0 Å². The molecular formula is C21H20N2O8. The highest BCUT2D eigenvalue weighted by Crippen LogP contribution is 2.21. The Morgan fingerprint density at radius 2 is 1.77 bits per heavy atom. The average Bonchev–Trinajstić information content (AvgIpc) is 2.76. The Labute approximate surface area is 177 Å². The van der Waals surface area contributed by atoms with Crippen LogP contribution in [0.2, 0.25) is 0 Å². The van der Waals surface area contributed by atoms with E-state index >= 15 is 0 Å². The second kappa shape index (κ2) is 11.1. The van der Waals surface area contributed by atoms with E-state index in [9.17, 15) is 24.5 Å². The zero-order valence-corrected chi connectivity index (χ0v) is 16.8. The molecule has 0 saturated heterocycles. The largest absolute Gasteiger partial charge is 0.464 e. The van der Waals surface area contributed by atoms with Crippen LogP contribution in [0.3, 0.4) is 0 Å². The molecule has 2 aromatic carbocycles.